The van der Waals surface area contributed by atoms with E-state index in [-0.39, 0.29) is 11.7 Å². The van der Waals surface area contributed by atoms with Crippen LogP contribution >= 0.6 is 24.0 Å². The average molecular weight is 500 g/mol. The molecular weight excluding hydrogens is 474 g/mol. The molecule has 34 heavy (non-hydrogen) atoms. The summed E-state index contributed by atoms with van der Waals surface area (Å²) in [5.41, 5.74) is 1.56. The zero-order valence-electron chi connectivity index (χ0n) is 19.1. The Hall–Kier alpha value is -3.14. The first-order valence-corrected chi connectivity index (χ1v) is 11.7. The molecule has 2 aromatic rings. The number of ether oxygens (including phenoxy) is 4. The van der Waals surface area contributed by atoms with Gasteiger partial charge in [0, 0.05) is 13.2 Å². The monoisotopic (exact) mass is 499 g/mol. The molecule has 0 spiro atoms. The van der Waals surface area contributed by atoms with E-state index in [1.54, 1.807) is 44.6 Å². The number of hydrogen-bond acceptors (Lipinski definition) is 8. The van der Waals surface area contributed by atoms with E-state index in [9.17, 15) is 9.59 Å². The van der Waals surface area contributed by atoms with Crippen LogP contribution in [0.25, 0.3) is 12.2 Å². The lowest BCUT2D eigenvalue weighted by atomic mass is 10.2. The summed E-state index contributed by atoms with van der Waals surface area (Å²) >= 11 is 6.55. The van der Waals surface area contributed by atoms with Gasteiger partial charge < -0.3 is 18.9 Å². The van der Waals surface area contributed by atoms with Gasteiger partial charge >= 0.3 is 5.97 Å². The van der Waals surface area contributed by atoms with Crippen LogP contribution in [0.1, 0.15) is 18.1 Å². The minimum absolute atomic E-state index is 0.163. The summed E-state index contributed by atoms with van der Waals surface area (Å²) < 4.78 is 21.8. The lowest BCUT2D eigenvalue weighted by Gasteiger charge is -2.13. The normalized spacial score (nSPS) is 14.8. The Kier molecular flexibility index (Phi) is 9.26. The van der Waals surface area contributed by atoms with E-state index in [0.717, 1.165) is 16.9 Å². The van der Waals surface area contributed by atoms with Crippen molar-refractivity contribution in [3.8, 4) is 17.2 Å². The first kappa shape index (κ1) is 25.5. The van der Waals surface area contributed by atoms with Crippen molar-refractivity contribution in [3.05, 3.63) is 64.6 Å². The molecule has 0 saturated carbocycles. The highest BCUT2D eigenvalue weighted by atomic mass is 32.2. The molecule has 0 aliphatic carbocycles. The van der Waals surface area contributed by atoms with E-state index < -0.39 is 5.97 Å². The molecule has 1 amide bonds. The van der Waals surface area contributed by atoms with Gasteiger partial charge in [0.2, 0.25) is 0 Å². The maximum Gasteiger partial charge on any atom is 0.336 e. The van der Waals surface area contributed by atoms with E-state index >= 15 is 0 Å². The van der Waals surface area contributed by atoms with Gasteiger partial charge in [0.1, 0.15) is 10.1 Å². The molecule has 0 N–H and O–H groups in total. The molecule has 3 rings (SSSR count). The largest absolute Gasteiger partial charge is 0.497 e. The summed E-state index contributed by atoms with van der Waals surface area (Å²) in [4.78, 5) is 27.0. The first-order valence-electron chi connectivity index (χ1n) is 10.5. The van der Waals surface area contributed by atoms with E-state index in [1.807, 2.05) is 31.2 Å². The molecule has 7 nitrogen and oxygen atoms in total. The number of carbonyl (C=O) groups excluding carboxylic acids is 2. The maximum absolute atomic E-state index is 12.7. The van der Waals surface area contributed by atoms with Crippen LogP contribution in [0, 0.1) is 0 Å². The summed E-state index contributed by atoms with van der Waals surface area (Å²) in [5.74, 6) is 0.722. The van der Waals surface area contributed by atoms with Gasteiger partial charge in [0.05, 0.1) is 31.8 Å². The number of thiocarbonyl (C=S) groups is 1. The van der Waals surface area contributed by atoms with Gasteiger partial charge in [-0.2, -0.15) is 0 Å². The molecule has 0 atom stereocenters. The quantitative estimate of drug-likeness (QED) is 0.204. The number of esters is 1. The number of amides is 1. The summed E-state index contributed by atoms with van der Waals surface area (Å²) in [6.45, 7) is 3.03. The Balaban J connectivity index is 1.73. The van der Waals surface area contributed by atoms with E-state index in [1.165, 1.54) is 22.7 Å². The van der Waals surface area contributed by atoms with Crippen molar-refractivity contribution in [2.45, 2.75) is 6.92 Å². The van der Waals surface area contributed by atoms with Crippen molar-refractivity contribution in [2.75, 3.05) is 34.0 Å². The smallest absolute Gasteiger partial charge is 0.336 e. The van der Waals surface area contributed by atoms with Gasteiger partial charge in [-0.25, -0.2) is 4.79 Å². The third-order valence-corrected chi connectivity index (χ3v) is 6.07. The van der Waals surface area contributed by atoms with Gasteiger partial charge in [0.15, 0.2) is 11.5 Å². The molecule has 0 bridgehead atoms. The van der Waals surface area contributed by atoms with Crippen LogP contribution in [0.2, 0.25) is 0 Å². The molecule has 178 valence electrons. The summed E-state index contributed by atoms with van der Waals surface area (Å²) in [6, 6.07) is 12.4. The summed E-state index contributed by atoms with van der Waals surface area (Å²) in [7, 11) is 3.17. The fourth-order valence-electron chi connectivity index (χ4n) is 3.02. The Morgan fingerprint density at radius 2 is 1.82 bits per heavy atom. The van der Waals surface area contributed by atoms with Crippen LogP contribution in [0.5, 0.6) is 17.2 Å². The number of carbonyl (C=O) groups is 2. The lowest BCUT2D eigenvalue weighted by Crippen LogP contribution is -2.31. The highest BCUT2D eigenvalue weighted by Gasteiger charge is 2.31. The summed E-state index contributed by atoms with van der Waals surface area (Å²) in [5, 5.41) is 0. The first-order chi connectivity index (χ1) is 16.4. The number of rotatable bonds is 10. The third kappa shape index (κ3) is 6.69. The van der Waals surface area contributed by atoms with Crippen LogP contribution < -0.4 is 14.2 Å². The van der Waals surface area contributed by atoms with Crippen LogP contribution in [0.3, 0.4) is 0 Å². The van der Waals surface area contributed by atoms with Crippen molar-refractivity contribution in [1.29, 1.82) is 0 Å². The van der Waals surface area contributed by atoms with Gasteiger partial charge in [0.25, 0.3) is 5.91 Å². The van der Waals surface area contributed by atoms with Crippen molar-refractivity contribution >= 4 is 52.3 Å². The number of hydrogen-bond donors (Lipinski definition) is 0. The summed E-state index contributed by atoms with van der Waals surface area (Å²) in [6.07, 6.45) is 4.74. The molecule has 0 unspecified atom stereocenters. The second kappa shape index (κ2) is 12.4. The van der Waals surface area contributed by atoms with Gasteiger partial charge in [-0.3, -0.25) is 9.69 Å². The third-order valence-electron chi connectivity index (χ3n) is 4.70. The van der Waals surface area contributed by atoms with Crippen LogP contribution in [0.15, 0.2) is 53.4 Å². The minimum atomic E-state index is -0.538. The average Bonchev–Trinajstić information content (AvgIpc) is 3.10. The number of methoxy groups -OCH3 is 2. The second-order valence-electron chi connectivity index (χ2n) is 6.99. The van der Waals surface area contributed by atoms with Crippen LogP contribution in [-0.2, 0) is 14.3 Å². The SMILES string of the molecule is CCOc1cc(/C=C2\SC(=S)N(CCOC)C2=O)ccc1OC(=O)/C=C/c1ccc(OC)cc1. The number of thioether (sulfide) groups is 1. The predicted octanol–water partition coefficient (Wildman–Crippen LogP) is 4.56. The van der Waals surface area contributed by atoms with Gasteiger partial charge in [-0.1, -0.05) is 42.2 Å². The van der Waals surface area contributed by atoms with Crippen molar-refractivity contribution in [3.63, 3.8) is 0 Å². The zero-order chi connectivity index (χ0) is 24.5. The van der Waals surface area contributed by atoms with Crippen LogP contribution in [0.4, 0.5) is 0 Å². The van der Waals surface area contributed by atoms with Gasteiger partial charge in [-0.15, -0.1) is 0 Å². The number of nitrogens with zero attached hydrogens (tertiary/aromatic N) is 1. The standard InChI is InChI=1S/C25H25NO6S2/c1-4-31-21-15-18(16-22-24(28)26(13-14-29-2)25(33)34-22)7-11-20(21)32-23(27)12-8-17-5-9-19(30-3)10-6-17/h5-12,15-16H,4,13-14H2,1-3H3/b12-8+,22-16-. The van der Waals surface area contributed by atoms with Gasteiger partial charge in [-0.05, 0) is 54.5 Å². The molecule has 1 fully saturated rings. The molecule has 1 heterocycles. The van der Waals surface area contributed by atoms with E-state index in [0.29, 0.717) is 34.7 Å². The Bertz CT molecular complexity index is 1110. The topological polar surface area (TPSA) is 74.3 Å². The molecule has 1 aliphatic heterocycles. The number of benzene rings is 2. The van der Waals surface area contributed by atoms with E-state index in [4.69, 9.17) is 31.2 Å². The zero-order valence-corrected chi connectivity index (χ0v) is 20.7. The molecule has 0 aromatic heterocycles. The second-order valence-corrected chi connectivity index (χ2v) is 8.67. The maximum atomic E-state index is 12.7. The Labute approximate surface area is 208 Å². The van der Waals surface area contributed by atoms with Crippen molar-refractivity contribution in [1.82, 2.24) is 4.90 Å². The fourth-order valence-corrected chi connectivity index (χ4v) is 4.32. The molecular formula is C25H25NO6S2. The lowest BCUT2D eigenvalue weighted by molar-refractivity contribution is -0.129. The van der Waals surface area contributed by atoms with Crippen molar-refractivity contribution in [2.24, 2.45) is 0 Å². The minimum Gasteiger partial charge on any atom is -0.497 e. The van der Waals surface area contributed by atoms with Crippen LogP contribution in [-0.4, -0.2) is 55.1 Å². The molecule has 1 saturated heterocycles. The Morgan fingerprint density at radius 3 is 2.50 bits per heavy atom. The van der Waals surface area contributed by atoms with Crippen molar-refractivity contribution < 1.29 is 28.5 Å². The van der Waals surface area contributed by atoms with E-state index in [2.05, 4.69) is 0 Å². The predicted molar refractivity (Wildman–Crippen MR) is 137 cm³/mol. The molecule has 0 radical (unpaired) electrons. The highest BCUT2D eigenvalue weighted by Crippen LogP contribution is 2.35. The fraction of sp³-hybridized carbons (Fsp3) is 0.240. The molecule has 2 aromatic carbocycles. The highest BCUT2D eigenvalue weighted by molar-refractivity contribution is 8.26. The molecule has 9 heteroatoms. The Morgan fingerprint density at radius 1 is 1.09 bits per heavy atom. The molecule has 1 aliphatic rings.